The Hall–Kier alpha value is -3.52. The summed E-state index contributed by atoms with van der Waals surface area (Å²) in [4.78, 5) is 52.8. The summed E-state index contributed by atoms with van der Waals surface area (Å²) in [6, 6.07) is 0. The first-order valence-corrected chi connectivity index (χ1v) is 25.4. The predicted molar refractivity (Wildman–Crippen MR) is 254 cm³/mol. The molecule has 0 aliphatic rings. The Morgan fingerprint density at radius 3 is 1.52 bits per heavy atom. The first kappa shape index (κ1) is 60.5. The Morgan fingerprint density at radius 1 is 0.516 bits per heavy atom. The van der Waals surface area contributed by atoms with E-state index in [1.165, 1.54) is 0 Å². The fourth-order valence-electron chi connectivity index (χ4n) is 5.11. The van der Waals surface area contributed by atoms with Crippen LogP contribution in [-0.4, -0.2) is 81.6 Å². The van der Waals surface area contributed by atoms with Crippen LogP contribution >= 0.6 is 15.6 Å². The number of phosphoric acid groups is 2. The van der Waals surface area contributed by atoms with Gasteiger partial charge in [-0.05, 0) is 89.9 Å². The summed E-state index contributed by atoms with van der Waals surface area (Å²) in [6.07, 6.45) is 49.3. The largest absolute Gasteiger partial charge is 0.472 e. The van der Waals surface area contributed by atoms with E-state index in [1.807, 2.05) is 12.2 Å². The summed E-state index contributed by atoms with van der Waals surface area (Å²) < 4.78 is 47.6. The van der Waals surface area contributed by atoms with Crippen molar-refractivity contribution in [1.82, 2.24) is 0 Å². The van der Waals surface area contributed by atoms with E-state index in [1.54, 1.807) is 12.2 Å². The van der Waals surface area contributed by atoms with Crippen LogP contribution in [-0.2, 0) is 41.8 Å². The maximum atomic E-state index is 12.7. The van der Waals surface area contributed by atoms with Crippen LogP contribution in [0.4, 0.5) is 0 Å². The molecule has 0 bridgehead atoms. The van der Waals surface area contributed by atoms with Crippen LogP contribution in [0.5, 0.6) is 0 Å². The monoisotopic (exact) mass is 938 g/mol. The molecule has 16 heteroatoms. The maximum Gasteiger partial charge on any atom is 0.472 e. The van der Waals surface area contributed by atoms with Gasteiger partial charge in [0, 0.05) is 12.8 Å². The minimum atomic E-state index is -4.90. The van der Waals surface area contributed by atoms with Gasteiger partial charge in [0.1, 0.15) is 12.7 Å². The summed E-state index contributed by atoms with van der Waals surface area (Å²) in [7, 11) is -9.78. The van der Waals surface area contributed by atoms with E-state index < -0.39 is 72.3 Å². The van der Waals surface area contributed by atoms with Crippen LogP contribution in [0.2, 0.25) is 0 Å². The standard InChI is InChI=1S/C48H76O14P2/c1-3-5-7-9-11-13-15-17-18-19-20-21-22-24-26-28-30-32-34-38-47(51)58-42-46(43-61-64(56,57)60-41-45(50)40-59-63(53,54)55)62-48(52)39-35-37-44(49)36-33-31-29-27-25-23-16-14-12-10-8-6-4-2/h5-8,11-14,17-18,20-21,23-26,29,31,33,36,44-46,49-50H,3-4,9-10,15-16,19,22,27-28,30,32,34-35,37-43H2,1-2H3,(H,56,57)(H2,53,54,55)/b7-5-,8-6-,13-11-,14-12-,18-17-,21-20-,25-23-,26-24-,31-29-,36-33+/t44?,45-,46+/m0/s1. The average molecular weight is 939 g/mol. The number of aliphatic hydroxyl groups excluding tert-OH is 2. The number of allylic oxidation sites excluding steroid dienone is 19. The lowest BCUT2D eigenvalue weighted by Crippen LogP contribution is -2.30. The smallest absolute Gasteiger partial charge is 0.462 e. The van der Waals surface area contributed by atoms with Gasteiger partial charge in [-0.25, -0.2) is 9.13 Å². The summed E-state index contributed by atoms with van der Waals surface area (Å²) in [5, 5.41) is 20.1. The third-order valence-corrected chi connectivity index (χ3v) is 9.88. The second-order valence-electron chi connectivity index (χ2n) is 14.4. The maximum absolute atomic E-state index is 12.7. The number of rotatable bonds is 40. The van der Waals surface area contributed by atoms with Crippen LogP contribution in [0.1, 0.15) is 123 Å². The number of phosphoric ester groups is 2. The number of aliphatic hydroxyl groups is 2. The number of esters is 2. The van der Waals surface area contributed by atoms with Crippen molar-refractivity contribution >= 4 is 27.6 Å². The Kier molecular flexibility index (Phi) is 39.8. The van der Waals surface area contributed by atoms with Crippen LogP contribution < -0.4 is 0 Å². The van der Waals surface area contributed by atoms with Crippen LogP contribution in [0.15, 0.2) is 122 Å². The van der Waals surface area contributed by atoms with E-state index in [0.29, 0.717) is 6.42 Å². The summed E-state index contributed by atoms with van der Waals surface area (Å²) in [5.74, 6) is -1.29. The van der Waals surface area contributed by atoms with Crippen molar-refractivity contribution in [3.8, 4) is 0 Å². The van der Waals surface area contributed by atoms with Crippen molar-refractivity contribution in [2.75, 3.05) is 26.4 Å². The van der Waals surface area contributed by atoms with Gasteiger partial charge in [0.05, 0.1) is 25.9 Å². The highest BCUT2D eigenvalue weighted by atomic mass is 31.2. The molecule has 0 radical (unpaired) electrons. The van der Waals surface area contributed by atoms with E-state index in [4.69, 9.17) is 23.8 Å². The molecule has 5 N–H and O–H groups in total. The van der Waals surface area contributed by atoms with Gasteiger partial charge < -0.3 is 34.4 Å². The predicted octanol–water partition coefficient (Wildman–Crippen LogP) is 10.6. The van der Waals surface area contributed by atoms with Gasteiger partial charge in [-0.3, -0.25) is 23.2 Å². The zero-order chi connectivity index (χ0) is 47.4. The molecule has 14 nitrogen and oxygen atoms in total. The van der Waals surface area contributed by atoms with Crippen LogP contribution in [0.25, 0.3) is 0 Å². The normalized spacial score (nSPS) is 15.5. The van der Waals surface area contributed by atoms with E-state index in [-0.39, 0.29) is 25.7 Å². The van der Waals surface area contributed by atoms with Gasteiger partial charge in [0.2, 0.25) is 0 Å². The third kappa shape index (κ3) is 45.1. The molecule has 0 fully saturated rings. The molecule has 0 heterocycles. The molecular weight excluding hydrogens is 862 g/mol. The van der Waals surface area contributed by atoms with Crippen molar-refractivity contribution in [2.24, 2.45) is 0 Å². The van der Waals surface area contributed by atoms with Crippen LogP contribution in [0, 0.1) is 0 Å². The molecule has 0 aliphatic carbocycles. The number of carbonyl (C=O) groups excluding carboxylic acids is 2. The SMILES string of the molecule is CC/C=C\C/C=C\C/C=C\C/C=C\C=C\C(O)CCCC(=O)O[C@H](COC(=O)CCCCC/C=C\C/C=C\C/C=C\C/C=C\C/C=C\CC)COP(=O)(O)OC[C@@H](O)COP(=O)(O)O. The molecule has 362 valence electrons. The first-order valence-electron chi connectivity index (χ1n) is 22.3. The Balaban J connectivity index is 4.77. The molecule has 0 aromatic carbocycles. The van der Waals surface area contributed by atoms with Gasteiger partial charge in [-0.1, -0.05) is 142 Å². The quantitative estimate of drug-likeness (QED) is 0.0127. The number of carbonyl (C=O) groups is 2. The van der Waals surface area contributed by atoms with Crippen LogP contribution in [0.3, 0.4) is 0 Å². The molecular formula is C48H76O14P2. The van der Waals surface area contributed by atoms with Crippen molar-refractivity contribution in [2.45, 2.75) is 141 Å². The lowest BCUT2D eigenvalue weighted by molar-refractivity contribution is -0.161. The summed E-state index contributed by atoms with van der Waals surface area (Å²) in [6.45, 7) is 1.25. The molecule has 0 amide bonds. The van der Waals surface area contributed by atoms with Gasteiger partial charge in [-0.15, -0.1) is 0 Å². The molecule has 0 aromatic rings. The highest BCUT2D eigenvalue weighted by molar-refractivity contribution is 7.47. The minimum absolute atomic E-state index is 0.107. The molecule has 0 aliphatic heterocycles. The Bertz CT molecular complexity index is 1600. The lowest BCUT2D eigenvalue weighted by atomic mass is 10.1. The number of ether oxygens (including phenoxy) is 2. The second-order valence-corrected chi connectivity index (χ2v) is 17.1. The van der Waals surface area contributed by atoms with Gasteiger partial charge in [0.25, 0.3) is 0 Å². The topological polar surface area (TPSA) is 216 Å². The molecule has 0 rings (SSSR count). The Morgan fingerprint density at radius 2 is 0.984 bits per heavy atom. The minimum Gasteiger partial charge on any atom is -0.462 e. The molecule has 2 unspecified atom stereocenters. The first-order chi connectivity index (χ1) is 30.8. The van der Waals surface area contributed by atoms with Crippen molar-refractivity contribution in [3.05, 3.63) is 122 Å². The Labute approximate surface area is 382 Å². The van der Waals surface area contributed by atoms with Crippen molar-refractivity contribution in [3.63, 3.8) is 0 Å². The molecule has 0 spiro atoms. The number of hydrogen-bond acceptors (Lipinski definition) is 11. The fourth-order valence-corrected chi connectivity index (χ4v) is 6.26. The van der Waals surface area contributed by atoms with Crippen molar-refractivity contribution < 1.29 is 66.7 Å². The fraction of sp³-hybridized carbons (Fsp3) is 0.542. The molecule has 0 saturated carbocycles. The number of unbranched alkanes of at least 4 members (excludes halogenated alkanes) is 3. The molecule has 4 atom stereocenters. The third-order valence-electron chi connectivity index (χ3n) is 8.44. The zero-order valence-electron chi connectivity index (χ0n) is 37.9. The molecule has 64 heavy (non-hydrogen) atoms. The van der Waals surface area contributed by atoms with Crippen molar-refractivity contribution in [1.29, 1.82) is 0 Å². The van der Waals surface area contributed by atoms with E-state index >= 15 is 0 Å². The van der Waals surface area contributed by atoms with Gasteiger partial charge in [-0.2, -0.15) is 0 Å². The molecule has 0 aromatic heterocycles. The average Bonchev–Trinajstić information content (AvgIpc) is 3.25. The highest BCUT2D eigenvalue weighted by Gasteiger charge is 2.28. The second kappa shape index (κ2) is 42.1. The van der Waals surface area contributed by atoms with E-state index in [0.717, 1.165) is 77.0 Å². The summed E-state index contributed by atoms with van der Waals surface area (Å²) >= 11 is 0. The highest BCUT2D eigenvalue weighted by Crippen LogP contribution is 2.43. The van der Waals surface area contributed by atoms with Gasteiger partial charge in [0.15, 0.2) is 6.10 Å². The zero-order valence-corrected chi connectivity index (χ0v) is 39.7. The summed E-state index contributed by atoms with van der Waals surface area (Å²) in [5.41, 5.74) is 0. The molecule has 0 saturated heterocycles. The van der Waals surface area contributed by atoms with E-state index in [2.05, 4.69) is 120 Å². The van der Waals surface area contributed by atoms with Gasteiger partial charge >= 0.3 is 27.6 Å². The number of hydrogen-bond donors (Lipinski definition) is 5. The lowest BCUT2D eigenvalue weighted by Gasteiger charge is -2.20. The van der Waals surface area contributed by atoms with E-state index in [9.17, 15) is 33.8 Å².